The molecule has 0 radical (unpaired) electrons. The lowest BCUT2D eigenvalue weighted by Gasteiger charge is -2.44. The summed E-state index contributed by atoms with van der Waals surface area (Å²) in [5.41, 5.74) is 18.3. The van der Waals surface area contributed by atoms with Gasteiger partial charge in [-0.1, -0.05) is 175 Å². The van der Waals surface area contributed by atoms with Crippen LogP contribution in [0.2, 0.25) is 0 Å². The molecule has 0 amide bonds. The average molecular weight is 996 g/mol. The Kier molecular flexibility index (Phi) is 9.72. The number of nitrogens with zero attached hydrogens (tertiary/aromatic N) is 3. The number of thiophene rings is 1. The third-order valence-electron chi connectivity index (χ3n) is 16.3. The van der Waals surface area contributed by atoms with E-state index in [4.69, 9.17) is 4.42 Å². The maximum Gasteiger partial charge on any atom is 0.252 e. The molecule has 15 rings (SSSR count). The van der Waals surface area contributed by atoms with Gasteiger partial charge in [-0.25, -0.2) is 0 Å². The minimum atomic E-state index is -0.0669. The number of furan rings is 1. The van der Waals surface area contributed by atoms with Crippen LogP contribution in [0.3, 0.4) is 0 Å². The summed E-state index contributed by atoms with van der Waals surface area (Å²) in [4.78, 5) is 7.51. The first-order chi connectivity index (χ1) is 36.9. The van der Waals surface area contributed by atoms with Gasteiger partial charge in [0.25, 0.3) is 6.71 Å². The fraction of sp³-hybridized carbons (Fsp3) is 0.114. The molecule has 0 bridgehead atoms. The smallest absolute Gasteiger partial charge is 0.252 e. The summed E-state index contributed by atoms with van der Waals surface area (Å²) in [6, 6.07) is 81.9. The molecular formula is C70H54BN3OS. The first-order valence-corrected chi connectivity index (χ1v) is 27.4. The van der Waals surface area contributed by atoms with E-state index < -0.39 is 0 Å². The van der Waals surface area contributed by atoms with E-state index >= 15 is 0 Å². The van der Waals surface area contributed by atoms with Gasteiger partial charge in [-0.15, -0.1) is 11.3 Å². The largest absolute Gasteiger partial charge is 0.454 e. The molecule has 2 aliphatic rings. The highest BCUT2D eigenvalue weighted by Crippen LogP contribution is 2.49. The highest BCUT2D eigenvalue weighted by Gasteiger charge is 2.44. The van der Waals surface area contributed by atoms with Crippen LogP contribution in [-0.2, 0) is 10.8 Å². The Morgan fingerprint density at radius 3 is 1.68 bits per heavy atom. The monoisotopic (exact) mass is 995 g/mol. The molecule has 0 spiro atoms. The van der Waals surface area contributed by atoms with Gasteiger partial charge in [0.05, 0.1) is 5.69 Å². The van der Waals surface area contributed by atoms with E-state index in [0.717, 1.165) is 56.1 Å². The van der Waals surface area contributed by atoms with Crippen molar-refractivity contribution in [1.82, 2.24) is 0 Å². The standard InChI is InChI=1S/C70H54BN3OS/c1-69(2,3)45-28-33-47(34-29-45)73-59-20-14-21-60-67(59)71(58-41-56-53-18-10-12-24-65(53)76-66(56)42-63(58)74(60)48-35-30-46(31-36-48)70(4,5)6)57-38-37-50(40-62(57)73)72(61-22-13-19-54-52-17-9-11-23-64(52)75-68(54)61)49-32-27-44-26-25-43-15-7-8-16-51(43)55(44)39-49/h7-42H,1-6H3. The van der Waals surface area contributed by atoms with Gasteiger partial charge in [0.15, 0.2) is 5.58 Å². The van der Waals surface area contributed by atoms with Crippen LogP contribution < -0.4 is 31.1 Å². The molecule has 0 aliphatic carbocycles. The Morgan fingerprint density at radius 2 is 0.974 bits per heavy atom. The van der Waals surface area contributed by atoms with Crippen molar-refractivity contribution in [3.8, 4) is 0 Å². The maximum absolute atomic E-state index is 6.92. The van der Waals surface area contributed by atoms with Gasteiger partial charge in [0.2, 0.25) is 0 Å². The summed E-state index contributed by atoms with van der Waals surface area (Å²) in [6.45, 7) is 13.7. The highest BCUT2D eigenvalue weighted by molar-refractivity contribution is 7.26. The average Bonchev–Trinajstić information content (AvgIpc) is 4.01. The molecule has 0 unspecified atom stereocenters. The first kappa shape index (κ1) is 44.9. The van der Waals surface area contributed by atoms with Crippen LogP contribution in [0.4, 0.5) is 51.2 Å². The van der Waals surface area contributed by atoms with Gasteiger partial charge in [-0.05, 0) is 150 Å². The summed E-state index contributed by atoms with van der Waals surface area (Å²) in [7, 11) is 0. The van der Waals surface area contributed by atoms with Crippen molar-refractivity contribution >= 4 is 149 Å². The molecule has 0 atom stereocenters. The minimum Gasteiger partial charge on any atom is -0.454 e. The summed E-state index contributed by atoms with van der Waals surface area (Å²) in [5, 5.41) is 9.66. The molecule has 2 aliphatic heterocycles. The van der Waals surface area contributed by atoms with E-state index in [0.29, 0.717) is 0 Å². The molecule has 76 heavy (non-hydrogen) atoms. The van der Waals surface area contributed by atoms with Crippen LogP contribution in [0.1, 0.15) is 52.7 Å². The quantitative estimate of drug-likeness (QED) is 0.127. The molecule has 13 aromatic rings. The number of para-hydroxylation sites is 2. The van der Waals surface area contributed by atoms with Crippen LogP contribution in [-0.4, -0.2) is 6.71 Å². The molecule has 11 aromatic carbocycles. The van der Waals surface area contributed by atoms with E-state index in [1.165, 1.54) is 86.3 Å². The van der Waals surface area contributed by atoms with Gasteiger partial charge in [0.1, 0.15) is 5.58 Å². The van der Waals surface area contributed by atoms with Gasteiger partial charge < -0.3 is 19.1 Å². The Bertz CT molecular complexity index is 4520. The fourth-order valence-corrected chi connectivity index (χ4v) is 13.6. The number of benzene rings is 11. The SMILES string of the molecule is CC(C)(C)c1ccc(N2c3cc(N(c4ccc5ccc6ccccc6c5c4)c4cccc5c4oc4ccccc45)ccc3B3c4cc5c(cc4N(c4ccc(C(C)(C)C)cc4)c4cccc2c43)sc2ccccc25)cc1. The van der Waals surface area contributed by atoms with E-state index in [-0.39, 0.29) is 17.5 Å². The minimum absolute atomic E-state index is 0.00419. The zero-order chi connectivity index (χ0) is 51.2. The van der Waals surface area contributed by atoms with E-state index in [9.17, 15) is 0 Å². The number of anilines is 9. The van der Waals surface area contributed by atoms with Gasteiger partial charge in [0, 0.05) is 71.1 Å². The van der Waals surface area contributed by atoms with Gasteiger partial charge >= 0.3 is 0 Å². The van der Waals surface area contributed by atoms with Crippen molar-refractivity contribution in [2.24, 2.45) is 0 Å². The number of hydrogen-bond acceptors (Lipinski definition) is 5. The van der Waals surface area contributed by atoms with Crippen LogP contribution in [0, 0.1) is 0 Å². The van der Waals surface area contributed by atoms with Crippen molar-refractivity contribution in [3.63, 3.8) is 0 Å². The fourth-order valence-electron chi connectivity index (χ4n) is 12.5. The lowest BCUT2D eigenvalue weighted by atomic mass is 9.33. The number of fused-ring (bicyclic) bond motifs is 13. The van der Waals surface area contributed by atoms with Crippen LogP contribution >= 0.6 is 11.3 Å². The third-order valence-corrected chi connectivity index (χ3v) is 17.5. The molecule has 0 fully saturated rings. The molecule has 364 valence electrons. The summed E-state index contributed by atoms with van der Waals surface area (Å²) >= 11 is 1.89. The summed E-state index contributed by atoms with van der Waals surface area (Å²) in [6.07, 6.45) is 0. The maximum atomic E-state index is 6.92. The van der Waals surface area contributed by atoms with Crippen LogP contribution in [0.25, 0.3) is 63.7 Å². The second-order valence-electron chi connectivity index (χ2n) is 22.9. The molecule has 4 nitrogen and oxygen atoms in total. The van der Waals surface area contributed by atoms with Crippen molar-refractivity contribution in [3.05, 3.63) is 230 Å². The topological polar surface area (TPSA) is 22.9 Å². The lowest BCUT2D eigenvalue weighted by molar-refractivity contribution is 0.590. The molecule has 4 heterocycles. The zero-order valence-electron chi connectivity index (χ0n) is 43.5. The Hall–Kier alpha value is -8.58. The van der Waals surface area contributed by atoms with Gasteiger partial charge in [-0.2, -0.15) is 0 Å². The van der Waals surface area contributed by atoms with Gasteiger partial charge in [-0.3, -0.25) is 0 Å². The Balaban J connectivity index is 1.02. The first-order valence-electron chi connectivity index (χ1n) is 26.6. The molecule has 0 saturated heterocycles. The number of hydrogen-bond donors (Lipinski definition) is 0. The lowest BCUT2D eigenvalue weighted by Crippen LogP contribution is -2.61. The van der Waals surface area contributed by atoms with Crippen molar-refractivity contribution in [2.45, 2.75) is 52.4 Å². The van der Waals surface area contributed by atoms with Crippen molar-refractivity contribution < 1.29 is 4.42 Å². The normalized spacial score (nSPS) is 13.3. The molecule has 0 N–H and O–H groups in total. The summed E-state index contributed by atoms with van der Waals surface area (Å²) in [5.74, 6) is 0. The molecule has 6 heteroatoms. The van der Waals surface area contributed by atoms with Crippen molar-refractivity contribution in [1.29, 1.82) is 0 Å². The Labute approximate surface area is 447 Å². The van der Waals surface area contributed by atoms with E-state index in [2.05, 4.69) is 275 Å². The summed E-state index contributed by atoms with van der Waals surface area (Å²) < 4.78 is 9.52. The third kappa shape index (κ3) is 6.83. The second-order valence-corrected chi connectivity index (χ2v) is 24.0. The Morgan fingerprint density at radius 1 is 0.408 bits per heavy atom. The molecule has 0 saturated carbocycles. The predicted octanol–water partition coefficient (Wildman–Crippen LogP) is 18.4. The zero-order valence-corrected chi connectivity index (χ0v) is 44.3. The number of rotatable bonds is 5. The predicted molar refractivity (Wildman–Crippen MR) is 328 cm³/mol. The second kappa shape index (κ2) is 16.5. The van der Waals surface area contributed by atoms with Crippen LogP contribution in [0.15, 0.2) is 223 Å². The van der Waals surface area contributed by atoms with Crippen molar-refractivity contribution in [2.75, 3.05) is 14.7 Å². The molecule has 2 aromatic heterocycles. The highest BCUT2D eigenvalue weighted by atomic mass is 32.1. The molecular weight excluding hydrogens is 942 g/mol. The van der Waals surface area contributed by atoms with E-state index in [1.807, 2.05) is 11.3 Å². The van der Waals surface area contributed by atoms with Crippen LogP contribution in [0.5, 0.6) is 0 Å². The van der Waals surface area contributed by atoms with E-state index in [1.54, 1.807) is 0 Å².